The van der Waals surface area contributed by atoms with E-state index in [0.717, 1.165) is 10.8 Å². The molecule has 51 heavy (non-hydrogen) atoms. The first-order valence-corrected chi connectivity index (χ1v) is 16.0. The van der Waals surface area contributed by atoms with Crippen LogP contribution in [0.1, 0.15) is 19.2 Å². The Labute approximate surface area is 314 Å². The molecule has 0 N–H and O–H groups in total. The Morgan fingerprint density at radius 3 is 1.80 bits per heavy atom. The Kier molecular flexibility index (Phi) is 4.24. The molecule has 4 heteroatoms. The van der Waals surface area contributed by atoms with Gasteiger partial charge in [0.15, 0.2) is 17.5 Å². The lowest BCUT2D eigenvalue weighted by molar-refractivity contribution is 0.669. The van der Waals surface area contributed by atoms with Crippen LogP contribution in [-0.4, -0.2) is 15.0 Å². The average molecular weight is 666 g/mol. The van der Waals surface area contributed by atoms with Gasteiger partial charge < -0.3 is 4.42 Å². The van der Waals surface area contributed by atoms with Crippen molar-refractivity contribution in [1.29, 1.82) is 0 Å². The van der Waals surface area contributed by atoms with Crippen LogP contribution in [-0.2, 0) is 0 Å². The van der Waals surface area contributed by atoms with Crippen molar-refractivity contribution in [3.8, 4) is 56.4 Å². The van der Waals surface area contributed by atoms with E-state index >= 15 is 0 Å². The summed E-state index contributed by atoms with van der Waals surface area (Å²) in [5, 5.41) is 3.70. The largest absolute Gasteiger partial charge is 0.456 e. The van der Waals surface area contributed by atoms with Crippen LogP contribution in [0.15, 0.2) is 180 Å². The number of aromatic nitrogens is 3. The second-order valence-corrected chi connectivity index (χ2v) is 11.7. The first-order chi connectivity index (χ1) is 31.1. The Morgan fingerprint density at radius 1 is 0.412 bits per heavy atom. The van der Waals surface area contributed by atoms with Crippen molar-refractivity contribution >= 4 is 43.5 Å². The molecule has 0 bridgehead atoms. The van der Waals surface area contributed by atoms with E-state index < -0.39 is 83.2 Å². The van der Waals surface area contributed by atoms with E-state index in [-0.39, 0.29) is 41.2 Å². The van der Waals surface area contributed by atoms with Crippen LogP contribution in [0.5, 0.6) is 0 Å². The average Bonchev–Trinajstić information content (AvgIpc) is 3.68. The molecule has 0 spiro atoms. The van der Waals surface area contributed by atoms with Crippen LogP contribution >= 0.6 is 0 Å². The molecule has 0 fully saturated rings. The lowest BCUT2D eigenvalue weighted by Gasteiger charge is -2.13. The van der Waals surface area contributed by atoms with Crippen LogP contribution in [0.3, 0.4) is 0 Å². The van der Waals surface area contributed by atoms with Crippen molar-refractivity contribution in [2.24, 2.45) is 0 Å². The van der Waals surface area contributed by atoms with E-state index in [2.05, 4.69) is 15.0 Å². The third-order valence-corrected chi connectivity index (χ3v) is 8.77. The van der Waals surface area contributed by atoms with Gasteiger partial charge in [0, 0.05) is 27.5 Å². The number of benzene rings is 8. The Balaban J connectivity index is 1.23. The molecule has 4 nitrogen and oxygen atoms in total. The topological polar surface area (TPSA) is 51.8 Å². The highest BCUT2D eigenvalue weighted by Gasteiger charge is 2.19. The Morgan fingerprint density at radius 2 is 1.06 bits per heavy atom. The predicted molar refractivity (Wildman–Crippen MR) is 209 cm³/mol. The van der Waals surface area contributed by atoms with Gasteiger partial charge in [-0.05, 0) is 74.1 Å². The van der Waals surface area contributed by atoms with E-state index in [9.17, 15) is 4.11 Å². The fourth-order valence-electron chi connectivity index (χ4n) is 6.43. The second kappa shape index (κ2) is 11.9. The molecule has 0 aliphatic heterocycles. The molecule has 0 amide bonds. The van der Waals surface area contributed by atoms with Crippen molar-refractivity contribution in [1.82, 2.24) is 15.0 Å². The van der Waals surface area contributed by atoms with Gasteiger partial charge >= 0.3 is 0 Å². The zero-order chi connectivity index (χ0) is 45.9. The summed E-state index contributed by atoms with van der Waals surface area (Å²) < 4.78 is 128. The maximum absolute atomic E-state index is 9.34. The van der Waals surface area contributed by atoms with Crippen molar-refractivity contribution in [2.45, 2.75) is 0 Å². The van der Waals surface area contributed by atoms with Gasteiger partial charge in [-0.15, -0.1) is 0 Å². The SMILES string of the molecule is [2H]c1cc2c(oc3c([2H])cc([2H])c(-c4ccc(-c5nc(-c6c([2H])c([2H])c([2H])c([2H])c6[2H])nc(-c6c([2H])c([2H])c([2H])c([2H])c6[2H])n5)c5ccccc45)c32)c([2H])c1-c1ccc2ccccc2c1. The number of hydrogen-bond acceptors (Lipinski definition) is 4. The summed E-state index contributed by atoms with van der Waals surface area (Å²) in [5.41, 5.74) is 1.63. The van der Waals surface area contributed by atoms with Crippen LogP contribution < -0.4 is 0 Å². The number of nitrogens with zero attached hydrogens (tertiary/aromatic N) is 3. The van der Waals surface area contributed by atoms with Gasteiger partial charge in [-0.25, -0.2) is 15.0 Å². The molecule has 2 heterocycles. The molecule has 0 atom stereocenters. The van der Waals surface area contributed by atoms with Gasteiger partial charge in [-0.1, -0.05) is 145 Å². The molecule has 0 saturated heterocycles. The second-order valence-electron chi connectivity index (χ2n) is 11.7. The Bertz CT molecular complexity index is 3600. The highest BCUT2D eigenvalue weighted by molar-refractivity contribution is 6.16. The molecule has 0 radical (unpaired) electrons. The van der Waals surface area contributed by atoms with Crippen molar-refractivity contribution in [3.05, 3.63) is 176 Å². The minimum absolute atomic E-state index is 0.0353. The molecule has 0 saturated carbocycles. The summed E-state index contributed by atoms with van der Waals surface area (Å²) in [6.07, 6.45) is 0. The summed E-state index contributed by atoms with van der Waals surface area (Å²) >= 11 is 0. The normalized spacial score (nSPS) is 15.4. The van der Waals surface area contributed by atoms with Gasteiger partial charge in [0.05, 0.1) is 19.2 Å². The molecular weight excluding hydrogens is 623 g/mol. The van der Waals surface area contributed by atoms with Crippen LogP contribution in [0, 0.1) is 0 Å². The number of hydrogen-bond donors (Lipinski definition) is 0. The van der Waals surface area contributed by atoms with Crippen LogP contribution in [0.4, 0.5) is 0 Å². The minimum Gasteiger partial charge on any atom is -0.456 e. The number of furan rings is 1. The Hall–Kier alpha value is -6.91. The summed E-state index contributed by atoms with van der Waals surface area (Å²) in [5.74, 6) is -0.946. The highest BCUT2D eigenvalue weighted by Crippen LogP contribution is 2.42. The molecule has 2 aromatic heterocycles. The first kappa shape index (κ1) is 18.2. The van der Waals surface area contributed by atoms with Gasteiger partial charge in [0.25, 0.3) is 0 Å². The molecule has 0 aliphatic carbocycles. The van der Waals surface area contributed by atoms with E-state index in [4.69, 9.17) is 19.5 Å². The van der Waals surface area contributed by atoms with Gasteiger partial charge in [-0.3, -0.25) is 0 Å². The minimum atomic E-state index is -0.662. The van der Waals surface area contributed by atoms with Gasteiger partial charge in [0.2, 0.25) is 0 Å². The standard InChI is InChI=1S/C47H29N3O/c1-3-13-31(14-4-1)45-48-46(32-15-5-2-6-16-32)50-47(49-45)40-27-26-38(36-18-9-10-19-37(36)40)39-20-11-21-42-44(39)41-25-24-35(29-43(41)51-42)34-23-22-30-12-7-8-17-33(30)28-34/h1-29H/i1D,2D,3D,4D,5D,6D,13D,14D,15D,16D,20D,21D,24D,29D. The summed E-state index contributed by atoms with van der Waals surface area (Å²) in [6, 6.07) is 20.2. The lowest BCUT2D eigenvalue weighted by Crippen LogP contribution is -2.00. The maximum atomic E-state index is 9.34. The smallest absolute Gasteiger partial charge is 0.164 e. The summed E-state index contributed by atoms with van der Waals surface area (Å²) in [4.78, 5) is 13.7. The van der Waals surface area contributed by atoms with Crippen molar-refractivity contribution < 1.29 is 23.6 Å². The zero-order valence-corrected chi connectivity index (χ0v) is 26.4. The molecule has 0 unspecified atom stereocenters. The number of fused-ring (bicyclic) bond motifs is 5. The lowest BCUT2D eigenvalue weighted by atomic mass is 9.92. The molecule has 8 aromatic carbocycles. The van der Waals surface area contributed by atoms with Gasteiger partial charge in [-0.2, -0.15) is 0 Å². The molecular formula is C47H29N3O. The molecule has 10 rings (SSSR count). The van der Waals surface area contributed by atoms with Crippen molar-refractivity contribution in [2.75, 3.05) is 0 Å². The monoisotopic (exact) mass is 665 g/mol. The summed E-state index contributed by atoms with van der Waals surface area (Å²) in [6.45, 7) is 0. The highest BCUT2D eigenvalue weighted by atomic mass is 16.3. The van der Waals surface area contributed by atoms with Crippen LogP contribution in [0.25, 0.3) is 99.9 Å². The van der Waals surface area contributed by atoms with E-state index in [1.807, 2.05) is 42.5 Å². The third kappa shape index (κ3) is 5.04. The maximum Gasteiger partial charge on any atom is 0.164 e. The molecule has 10 aromatic rings. The predicted octanol–water partition coefficient (Wildman–Crippen LogP) is 12.4. The first-order valence-electron chi connectivity index (χ1n) is 23.0. The fourth-order valence-corrected chi connectivity index (χ4v) is 6.43. The zero-order valence-electron chi connectivity index (χ0n) is 40.4. The van der Waals surface area contributed by atoms with Gasteiger partial charge in [0.1, 0.15) is 11.2 Å². The van der Waals surface area contributed by atoms with E-state index in [1.54, 1.807) is 42.5 Å². The van der Waals surface area contributed by atoms with E-state index in [1.165, 1.54) is 6.07 Å². The quantitative estimate of drug-likeness (QED) is 0.184. The van der Waals surface area contributed by atoms with Crippen molar-refractivity contribution in [3.63, 3.8) is 0 Å². The third-order valence-electron chi connectivity index (χ3n) is 8.77. The number of rotatable bonds is 5. The molecule has 238 valence electrons. The molecule has 0 aliphatic rings. The van der Waals surface area contributed by atoms with Crippen LogP contribution in [0.2, 0.25) is 0 Å². The van der Waals surface area contributed by atoms with E-state index in [0.29, 0.717) is 49.4 Å². The summed E-state index contributed by atoms with van der Waals surface area (Å²) in [7, 11) is 0. The fraction of sp³-hybridized carbons (Fsp3) is 0.